The SMILES string of the molecule is CCC1CN(C(=O)NC2CCC(C(=O)O)C2)CCN1C. The first-order valence-electron chi connectivity index (χ1n) is 7.49. The summed E-state index contributed by atoms with van der Waals surface area (Å²) in [7, 11) is 2.10. The van der Waals surface area contributed by atoms with Crippen molar-refractivity contribution >= 4 is 12.0 Å². The van der Waals surface area contributed by atoms with Crippen LogP contribution in [0.3, 0.4) is 0 Å². The molecule has 1 saturated heterocycles. The van der Waals surface area contributed by atoms with Crippen molar-refractivity contribution in [2.45, 2.75) is 44.7 Å². The maximum Gasteiger partial charge on any atom is 0.317 e. The molecule has 2 rings (SSSR count). The molecule has 1 aliphatic heterocycles. The third-order valence-electron chi connectivity index (χ3n) is 4.65. The van der Waals surface area contributed by atoms with Crippen molar-refractivity contribution in [2.24, 2.45) is 5.92 Å². The van der Waals surface area contributed by atoms with E-state index >= 15 is 0 Å². The lowest BCUT2D eigenvalue weighted by Crippen LogP contribution is -2.56. The Morgan fingerprint density at radius 2 is 2.05 bits per heavy atom. The Labute approximate surface area is 120 Å². The van der Waals surface area contributed by atoms with Gasteiger partial charge in [-0.1, -0.05) is 6.92 Å². The number of hydrogen-bond donors (Lipinski definition) is 2. The van der Waals surface area contributed by atoms with Crippen molar-refractivity contribution in [1.82, 2.24) is 15.1 Å². The number of nitrogens with one attached hydrogen (secondary N) is 1. The summed E-state index contributed by atoms with van der Waals surface area (Å²) in [4.78, 5) is 27.3. The molecule has 6 heteroatoms. The van der Waals surface area contributed by atoms with Crippen molar-refractivity contribution in [2.75, 3.05) is 26.7 Å². The van der Waals surface area contributed by atoms with Gasteiger partial charge in [-0.05, 0) is 32.7 Å². The molecule has 3 unspecified atom stereocenters. The maximum atomic E-state index is 12.2. The van der Waals surface area contributed by atoms with Crippen molar-refractivity contribution in [3.63, 3.8) is 0 Å². The molecule has 2 amide bonds. The molecule has 2 fully saturated rings. The Bertz CT molecular complexity index is 375. The zero-order valence-electron chi connectivity index (χ0n) is 12.3. The molecule has 0 spiro atoms. The zero-order chi connectivity index (χ0) is 14.7. The molecule has 0 radical (unpaired) electrons. The third kappa shape index (κ3) is 3.42. The number of aliphatic carboxylic acids is 1. The maximum absolute atomic E-state index is 12.2. The standard InChI is InChI=1S/C14H25N3O3/c1-3-12-9-17(7-6-16(12)2)14(20)15-11-5-4-10(8-11)13(18)19/h10-12H,3-9H2,1-2H3,(H,15,20)(H,18,19). The molecule has 0 aromatic rings. The molecule has 2 N–H and O–H groups in total. The number of carbonyl (C=O) groups excluding carboxylic acids is 1. The predicted molar refractivity (Wildman–Crippen MR) is 75.6 cm³/mol. The topological polar surface area (TPSA) is 72.9 Å². The van der Waals surface area contributed by atoms with E-state index in [0.717, 1.165) is 32.5 Å². The van der Waals surface area contributed by atoms with Gasteiger partial charge in [-0.3, -0.25) is 9.69 Å². The molecular formula is C14H25N3O3. The van der Waals surface area contributed by atoms with Crippen LogP contribution in [0, 0.1) is 5.92 Å². The zero-order valence-corrected chi connectivity index (χ0v) is 12.3. The van der Waals surface area contributed by atoms with Crippen LogP contribution in [-0.2, 0) is 4.79 Å². The Morgan fingerprint density at radius 3 is 2.65 bits per heavy atom. The van der Waals surface area contributed by atoms with Gasteiger partial charge in [-0.25, -0.2) is 4.79 Å². The first kappa shape index (κ1) is 15.1. The molecule has 1 aliphatic carbocycles. The number of hydrogen-bond acceptors (Lipinski definition) is 3. The van der Waals surface area contributed by atoms with Crippen LogP contribution in [0.1, 0.15) is 32.6 Å². The highest BCUT2D eigenvalue weighted by atomic mass is 16.4. The van der Waals surface area contributed by atoms with E-state index in [1.807, 2.05) is 4.90 Å². The molecule has 2 aliphatic rings. The van der Waals surface area contributed by atoms with Gasteiger partial charge in [0.15, 0.2) is 0 Å². The lowest BCUT2D eigenvalue weighted by molar-refractivity contribution is -0.141. The van der Waals surface area contributed by atoms with Crippen LogP contribution in [0.15, 0.2) is 0 Å². The number of nitrogens with zero attached hydrogens (tertiary/aromatic N) is 2. The Morgan fingerprint density at radius 1 is 1.30 bits per heavy atom. The Kier molecular flexibility index (Phi) is 4.86. The second kappa shape index (κ2) is 6.43. The summed E-state index contributed by atoms with van der Waals surface area (Å²) in [5.74, 6) is -1.04. The first-order chi connectivity index (χ1) is 9.51. The molecule has 6 nitrogen and oxygen atoms in total. The van der Waals surface area contributed by atoms with Crippen LogP contribution in [-0.4, -0.2) is 65.7 Å². The van der Waals surface area contributed by atoms with E-state index in [1.54, 1.807) is 0 Å². The van der Waals surface area contributed by atoms with Gasteiger partial charge in [0.25, 0.3) is 0 Å². The second-order valence-corrected chi connectivity index (χ2v) is 5.98. The van der Waals surface area contributed by atoms with Crippen molar-refractivity contribution in [3.8, 4) is 0 Å². The van der Waals surface area contributed by atoms with Gasteiger partial charge in [0.2, 0.25) is 0 Å². The first-order valence-corrected chi connectivity index (χ1v) is 7.49. The summed E-state index contributed by atoms with van der Waals surface area (Å²) in [6, 6.07) is 0.403. The van der Waals surface area contributed by atoms with E-state index in [4.69, 9.17) is 5.11 Å². The van der Waals surface area contributed by atoms with E-state index < -0.39 is 5.97 Å². The Balaban J connectivity index is 1.82. The van der Waals surface area contributed by atoms with Crippen LogP contribution in [0.4, 0.5) is 4.79 Å². The number of carboxylic acids is 1. The van der Waals surface area contributed by atoms with E-state index in [1.165, 1.54) is 0 Å². The van der Waals surface area contributed by atoms with Crippen LogP contribution in [0.25, 0.3) is 0 Å². The monoisotopic (exact) mass is 283 g/mol. The van der Waals surface area contributed by atoms with Gasteiger partial charge in [0.1, 0.15) is 0 Å². The molecule has 0 aromatic carbocycles. The van der Waals surface area contributed by atoms with E-state index in [9.17, 15) is 9.59 Å². The lowest BCUT2D eigenvalue weighted by Gasteiger charge is -2.39. The quantitative estimate of drug-likeness (QED) is 0.809. The van der Waals surface area contributed by atoms with Gasteiger partial charge >= 0.3 is 12.0 Å². The van der Waals surface area contributed by atoms with Crippen LogP contribution < -0.4 is 5.32 Å². The van der Waals surface area contributed by atoms with Crippen molar-refractivity contribution in [1.29, 1.82) is 0 Å². The number of carbonyl (C=O) groups is 2. The van der Waals surface area contributed by atoms with E-state index in [2.05, 4.69) is 24.2 Å². The number of urea groups is 1. The van der Waals surface area contributed by atoms with Crippen LogP contribution in [0.5, 0.6) is 0 Å². The van der Waals surface area contributed by atoms with Gasteiger partial charge < -0.3 is 15.3 Å². The largest absolute Gasteiger partial charge is 0.481 e. The summed E-state index contributed by atoms with van der Waals surface area (Å²) >= 11 is 0. The smallest absolute Gasteiger partial charge is 0.317 e. The highest BCUT2D eigenvalue weighted by molar-refractivity contribution is 5.75. The highest BCUT2D eigenvalue weighted by Gasteiger charge is 2.32. The average molecular weight is 283 g/mol. The Hall–Kier alpha value is -1.30. The number of piperazine rings is 1. The second-order valence-electron chi connectivity index (χ2n) is 5.98. The fourth-order valence-electron chi connectivity index (χ4n) is 3.17. The summed E-state index contributed by atoms with van der Waals surface area (Å²) in [5, 5.41) is 12.0. The van der Waals surface area contributed by atoms with Gasteiger partial charge in [-0.2, -0.15) is 0 Å². The molecule has 114 valence electrons. The minimum atomic E-state index is -0.743. The fraction of sp³-hybridized carbons (Fsp3) is 0.857. The van der Waals surface area contributed by atoms with Crippen molar-refractivity contribution in [3.05, 3.63) is 0 Å². The summed E-state index contributed by atoms with van der Waals surface area (Å²) in [5.41, 5.74) is 0. The molecular weight excluding hydrogens is 258 g/mol. The van der Waals surface area contributed by atoms with E-state index in [-0.39, 0.29) is 18.0 Å². The molecule has 3 atom stereocenters. The number of likely N-dealkylation sites (N-methyl/N-ethyl adjacent to an activating group) is 1. The minimum Gasteiger partial charge on any atom is -0.481 e. The van der Waals surface area contributed by atoms with Gasteiger partial charge in [0, 0.05) is 31.7 Å². The molecule has 0 bridgehead atoms. The van der Waals surface area contributed by atoms with Crippen LogP contribution >= 0.6 is 0 Å². The number of carboxylic acid groups (broad SMARTS) is 1. The lowest BCUT2D eigenvalue weighted by atomic mass is 10.1. The fourth-order valence-corrected chi connectivity index (χ4v) is 3.17. The van der Waals surface area contributed by atoms with Crippen molar-refractivity contribution < 1.29 is 14.7 Å². The normalized spacial score (nSPS) is 31.3. The molecule has 1 saturated carbocycles. The summed E-state index contributed by atoms with van der Waals surface area (Å²) in [6.45, 7) is 4.53. The molecule has 1 heterocycles. The van der Waals surface area contributed by atoms with Crippen LogP contribution in [0.2, 0.25) is 0 Å². The summed E-state index contributed by atoms with van der Waals surface area (Å²) < 4.78 is 0. The van der Waals surface area contributed by atoms with Gasteiger partial charge in [0.05, 0.1) is 5.92 Å². The number of amides is 2. The van der Waals surface area contributed by atoms with E-state index in [0.29, 0.717) is 18.9 Å². The third-order valence-corrected chi connectivity index (χ3v) is 4.65. The molecule has 20 heavy (non-hydrogen) atoms. The average Bonchev–Trinajstić information content (AvgIpc) is 2.88. The van der Waals surface area contributed by atoms with Gasteiger partial charge in [-0.15, -0.1) is 0 Å². The predicted octanol–water partition coefficient (Wildman–Crippen LogP) is 0.975. The minimum absolute atomic E-state index is 0.0170. The summed E-state index contributed by atoms with van der Waals surface area (Å²) in [6.07, 6.45) is 3.03. The molecule has 0 aromatic heterocycles. The highest BCUT2D eigenvalue weighted by Crippen LogP contribution is 2.25. The number of rotatable bonds is 3.